The molecule has 17 heavy (non-hydrogen) atoms. The standard InChI is InChI=1S/C13H13N3S/c1-9(15-16-13(14)17)11-7-6-10-4-2-3-5-12(10)8-11/h2-8H,1H3,(H3,14,16,17)/b15-9+. The van der Waals surface area contributed by atoms with Gasteiger partial charge in [-0.2, -0.15) is 5.10 Å². The van der Waals surface area contributed by atoms with Crippen molar-refractivity contribution in [2.75, 3.05) is 0 Å². The molecule has 0 unspecified atom stereocenters. The average Bonchev–Trinajstić information content (AvgIpc) is 2.35. The van der Waals surface area contributed by atoms with E-state index in [1.165, 1.54) is 10.8 Å². The number of thiocarbonyl (C=S) groups is 1. The van der Waals surface area contributed by atoms with E-state index in [1.54, 1.807) is 0 Å². The molecule has 2 aromatic rings. The molecule has 0 bridgehead atoms. The van der Waals surface area contributed by atoms with Crippen LogP contribution in [0.25, 0.3) is 10.8 Å². The van der Waals surface area contributed by atoms with Crippen LogP contribution < -0.4 is 11.2 Å². The Hall–Kier alpha value is -1.94. The van der Waals surface area contributed by atoms with Gasteiger partial charge in [-0.05, 0) is 41.5 Å². The van der Waals surface area contributed by atoms with E-state index in [9.17, 15) is 0 Å². The second-order valence-corrected chi connectivity index (χ2v) is 4.18. The van der Waals surface area contributed by atoms with Crippen molar-refractivity contribution < 1.29 is 0 Å². The third-order valence-corrected chi connectivity index (χ3v) is 2.59. The summed E-state index contributed by atoms with van der Waals surface area (Å²) in [7, 11) is 0. The Bertz CT molecular complexity index is 590. The van der Waals surface area contributed by atoms with Crippen molar-refractivity contribution in [3.05, 3.63) is 48.0 Å². The molecule has 3 N–H and O–H groups in total. The minimum atomic E-state index is 0.171. The number of hydrogen-bond acceptors (Lipinski definition) is 2. The molecule has 2 aromatic carbocycles. The largest absolute Gasteiger partial charge is 0.375 e. The minimum Gasteiger partial charge on any atom is -0.375 e. The van der Waals surface area contributed by atoms with Crippen molar-refractivity contribution in [2.45, 2.75) is 6.92 Å². The lowest BCUT2D eigenvalue weighted by atomic mass is 10.0. The van der Waals surface area contributed by atoms with Crippen molar-refractivity contribution in [1.29, 1.82) is 0 Å². The maximum Gasteiger partial charge on any atom is 0.184 e. The Kier molecular flexibility index (Phi) is 3.35. The molecule has 2 rings (SSSR count). The van der Waals surface area contributed by atoms with E-state index >= 15 is 0 Å². The van der Waals surface area contributed by atoms with Crippen LogP contribution in [-0.4, -0.2) is 10.8 Å². The summed E-state index contributed by atoms with van der Waals surface area (Å²) in [5.74, 6) is 0. The van der Waals surface area contributed by atoms with Crippen LogP contribution in [-0.2, 0) is 0 Å². The quantitative estimate of drug-likeness (QED) is 0.484. The van der Waals surface area contributed by atoms with Crippen LogP contribution in [0.5, 0.6) is 0 Å². The highest BCUT2D eigenvalue weighted by Crippen LogP contribution is 2.15. The second-order valence-electron chi connectivity index (χ2n) is 3.74. The van der Waals surface area contributed by atoms with Gasteiger partial charge in [0.2, 0.25) is 0 Å². The summed E-state index contributed by atoms with van der Waals surface area (Å²) in [4.78, 5) is 0. The summed E-state index contributed by atoms with van der Waals surface area (Å²) < 4.78 is 0. The van der Waals surface area contributed by atoms with Crippen LogP contribution in [0.1, 0.15) is 12.5 Å². The van der Waals surface area contributed by atoms with Gasteiger partial charge in [0.25, 0.3) is 0 Å². The van der Waals surface area contributed by atoms with E-state index < -0.39 is 0 Å². The first-order chi connectivity index (χ1) is 8.16. The van der Waals surface area contributed by atoms with E-state index in [-0.39, 0.29) is 5.11 Å². The summed E-state index contributed by atoms with van der Waals surface area (Å²) in [6.45, 7) is 1.91. The molecule has 0 fully saturated rings. The first-order valence-electron chi connectivity index (χ1n) is 5.26. The minimum absolute atomic E-state index is 0.171. The molecule has 0 amide bonds. The zero-order chi connectivity index (χ0) is 12.3. The van der Waals surface area contributed by atoms with Crippen molar-refractivity contribution in [2.24, 2.45) is 10.8 Å². The third-order valence-electron chi connectivity index (χ3n) is 2.50. The SMILES string of the molecule is C/C(=N\NC(N)=S)c1ccc2ccccc2c1. The highest BCUT2D eigenvalue weighted by atomic mass is 32.1. The summed E-state index contributed by atoms with van der Waals surface area (Å²) >= 11 is 4.70. The molecule has 0 radical (unpaired) electrons. The van der Waals surface area contributed by atoms with Crippen LogP contribution in [0.15, 0.2) is 47.6 Å². The lowest BCUT2D eigenvalue weighted by molar-refractivity contribution is 1.03. The van der Waals surface area contributed by atoms with Crippen LogP contribution in [0.4, 0.5) is 0 Å². The number of nitrogens with zero attached hydrogens (tertiary/aromatic N) is 1. The number of hydrazone groups is 1. The number of hydrogen-bond donors (Lipinski definition) is 2. The topological polar surface area (TPSA) is 50.4 Å². The van der Waals surface area contributed by atoms with Gasteiger partial charge >= 0.3 is 0 Å². The molecule has 0 heterocycles. The van der Waals surface area contributed by atoms with E-state index in [0.717, 1.165) is 11.3 Å². The van der Waals surface area contributed by atoms with Crippen LogP contribution in [0.2, 0.25) is 0 Å². The summed E-state index contributed by atoms with van der Waals surface area (Å²) in [6, 6.07) is 14.4. The fourth-order valence-corrected chi connectivity index (χ4v) is 1.66. The van der Waals surface area contributed by atoms with Gasteiger partial charge in [0.1, 0.15) is 0 Å². The lowest BCUT2D eigenvalue weighted by Gasteiger charge is -2.04. The highest BCUT2D eigenvalue weighted by Gasteiger charge is 1.99. The van der Waals surface area contributed by atoms with Gasteiger partial charge in [0.15, 0.2) is 5.11 Å². The highest BCUT2D eigenvalue weighted by molar-refractivity contribution is 7.80. The zero-order valence-electron chi connectivity index (χ0n) is 9.47. The fourth-order valence-electron chi connectivity index (χ4n) is 1.62. The molecule has 0 aliphatic heterocycles. The number of benzene rings is 2. The number of fused-ring (bicyclic) bond motifs is 1. The van der Waals surface area contributed by atoms with E-state index in [2.05, 4.69) is 34.8 Å². The van der Waals surface area contributed by atoms with Crippen molar-refractivity contribution >= 4 is 33.8 Å². The van der Waals surface area contributed by atoms with Gasteiger partial charge in [-0.25, -0.2) is 0 Å². The van der Waals surface area contributed by atoms with Gasteiger partial charge in [-0.3, -0.25) is 5.43 Å². The monoisotopic (exact) mass is 243 g/mol. The maximum absolute atomic E-state index is 5.32. The summed E-state index contributed by atoms with van der Waals surface area (Å²) in [6.07, 6.45) is 0. The lowest BCUT2D eigenvalue weighted by Crippen LogP contribution is -2.25. The van der Waals surface area contributed by atoms with Crippen molar-refractivity contribution in [3.63, 3.8) is 0 Å². The number of nitrogens with one attached hydrogen (secondary N) is 1. The van der Waals surface area contributed by atoms with E-state index in [1.807, 2.05) is 25.1 Å². The Morgan fingerprint density at radius 1 is 1.18 bits per heavy atom. The molecular formula is C13H13N3S. The summed E-state index contributed by atoms with van der Waals surface area (Å²) in [5, 5.41) is 6.68. The fraction of sp³-hybridized carbons (Fsp3) is 0.0769. The van der Waals surface area contributed by atoms with Gasteiger partial charge in [-0.1, -0.05) is 36.4 Å². The van der Waals surface area contributed by atoms with Crippen LogP contribution in [0.3, 0.4) is 0 Å². The Morgan fingerprint density at radius 3 is 2.59 bits per heavy atom. The molecule has 0 saturated carbocycles. The molecular weight excluding hydrogens is 230 g/mol. The molecule has 86 valence electrons. The molecule has 3 nitrogen and oxygen atoms in total. The first-order valence-corrected chi connectivity index (χ1v) is 5.66. The number of rotatable bonds is 2. The average molecular weight is 243 g/mol. The normalized spacial score (nSPS) is 11.5. The predicted molar refractivity (Wildman–Crippen MR) is 76.1 cm³/mol. The molecule has 0 aliphatic carbocycles. The molecule has 4 heteroatoms. The van der Waals surface area contributed by atoms with Gasteiger partial charge in [0, 0.05) is 0 Å². The molecule has 0 aromatic heterocycles. The second kappa shape index (κ2) is 4.93. The molecule has 0 aliphatic rings. The molecule has 0 saturated heterocycles. The third kappa shape index (κ3) is 2.79. The van der Waals surface area contributed by atoms with Gasteiger partial charge < -0.3 is 5.73 Å². The smallest absolute Gasteiger partial charge is 0.184 e. The molecule has 0 atom stereocenters. The zero-order valence-corrected chi connectivity index (χ0v) is 10.3. The van der Waals surface area contributed by atoms with Gasteiger partial charge in [-0.15, -0.1) is 0 Å². The first kappa shape index (κ1) is 11.5. The predicted octanol–water partition coefficient (Wildman–Crippen LogP) is 2.40. The van der Waals surface area contributed by atoms with E-state index in [0.29, 0.717) is 0 Å². The maximum atomic E-state index is 5.32. The van der Waals surface area contributed by atoms with Crippen LogP contribution >= 0.6 is 12.2 Å². The van der Waals surface area contributed by atoms with E-state index in [4.69, 9.17) is 18.0 Å². The Labute approximate surface area is 105 Å². The molecule has 0 spiro atoms. The Balaban J connectivity index is 2.36. The Morgan fingerprint density at radius 2 is 1.88 bits per heavy atom. The van der Waals surface area contributed by atoms with Gasteiger partial charge in [0.05, 0.1) is 5.71 Å². The van der Waals surface area contributed by atoms with Crippen molar-refractivity contribution in [1.82, 2.24) is 5.43 Å². The number of nitrogens with two attached hydrogens (primary N) is 1. The van der Waals surface area contributed by atoms with Crippen LogP contribution in [0, 0.1) is 0 Å². The van der Waals surface area contributed by atoms with Crippen molar-refractivity contribution in [3.8, 4) is 0 Å². The summed E-state index contributed by atoms with van der Waals surface area (Å²) in [5.41, 5.74) is 9.81.